The van der Waals surface area contributed by atoms with Crippen LogP contribution in [0.2, 0.25) is 0 Å². The Balaban J connectivity index is 1.88. The van der Waals surface area contributed by atoms with Gasteiger partial charge in [0.1, 0.15) is 0 Å². The summed E-state index contributed by atoms with van der Waals surface area (Å²) >= 11 is 5.73. The molecule has 0 aliphatic heterocycles. The average molecular weight is 359 g/mol. The number of alkyl halides is 1. The molecular weight excluding hydrogens is 340 g/mol. The van der Waals surface area contributed by atoms with Crippen molar-refractivity contribution >= 4 is 37.4 Å². The Morgan fingerprint density at radius 3 is 2.33 bits per heavy atom. The van der Waals surface area contributed by atoms with Crippen LogP contribution in [0, 0.1) is 0 Å². The highest BCUT2D eigenvalue weighted by atomic mass is 79.9. The second-order valence-electron chi connectivity index (χ2n) is 5.53. The van der Waals surface area contributed by atoms with Crippen LogP contribution in [0.1, 0.15) is 47.0 Å². The first-order valence-electron chi connectivity index (χ1n) is 7.41. The summed E-state index contributed by atoms with van der Waals surface area (Å²) in [6.45, 7) is 4.52. The van der Waals surface area contributed by atoms with Crippen molar-refractivity contribution in [3.05, 3.63) is 70.6 Å². The molecule has 0 nitrogen and oxygen atoms in total. The Kier molecular flexibility index (Phi) is 4.46. The van der Waals surface area contributed by atoms with Gasteiger partial charge in [-0.2, -0.15) is 0 Å². The maximum atomic E-state index is 3.86. The van der Waals surface area contributed by atoms with Crippen LogP contribution >= 0.6 is 27.3 Å². The van der Waals surface area contributed by atoms with Gasteiger partial charge in [-0.05, 0) is 41.0 Å². The minimum atomic E-state index is 0.279. The summed E-state index contributed by atoms with van der Waals surface area (Å²) in [4.78, 5) is 1.65. The van der Waals surface area contributed by atoms with Gasteiger partial charge in [0.15, 0.2) is 0 Å². The van der Waals surface area contributed by atoms with Gasteiger partial charge in [-0.1, -0.05) is 72.2 Å². The highest BCUT2D eigenvalue weighted by molar-refractivity contribution is 9.09. The van der Waals surface area contributed by atoms with Crippen LogP contribution in [0.15, 0.2) is 54.6 Å². The molecule has 1 heterocycles. The SMILES string of the molecule is CCC(C)c1ccc(C(Br)c2cc3ccccc3s2)cc1. The molecule has 0 fully saturated rings. The van der Waals surface area contributed by atoms with E-state index in [1.807, 2.05) is 11.3 Å². The van der Waals surface area contributed by atoms with Crippen LogP contribution < -0.4 is 0 Å². The topological polar surface area (TPSA) is 0 Å². The van der Waals surface area contributed by atoms with Gasteiger partial charge in [0, 0.05) is 9.58 Å². The van der Waals surface area contributed by atoms with Gasteiger partial charge < -0.3 is 0 Å². The number of fused-ring (bicyclic) bond motifs is 1. The summed E-state index contributed by atoms with van der Waals surface area (Å²) in [6.07, 6.45) is 1.19. The van der Waals surface area contributed by atoms with Gasteiger partial charge in [-0.3, -0.25) is 0 Å². The molecule has 21 heavy (non-hydrogen) atoms. The number of hydrogen-bond acceptors (Lipinski definition) is 1. The first-order valence-corrected chi connectivity index (χ1v) is 9.14. The molecule has 0 bridgehead atoms. The molecule has 2 unspecified atom stereocenters. The lowest BCUT2D eigenvalue weighted by Gasteiger charge is -2.12. The maximum Gasteiger partial charge on any atom is 0.0738 e. The van der Waals surface area contributed by atoms with Crippen molar-refractivity contribution in [1.82, 2.24) is 0 Å². The molecule has 0 radical (unpaired) electrons. The Morgan fingerprint density at radius 2 is 1.67 bits per heavy atom. The molecule has 0 N–H and O–H groups in total. The van der Waals surface area contributed by atoms with E-state index in [0.29, 0.717) is 5.92 Å². The van der Waals surface area contributed by atoms with Crippen LogP contribution in [0.25, 0.3) is 10.1 Å². The molecule has 0 aliphatic carbocycles. The van der Waals surface area contributed by atoms with E-state index in [1.54, 1.807) is 0 Å². The third kappa shape index (κ3) is 3.07. The molecular formula is C19H19BrS. The van der Waals surface area contributed by atoms with Crippen LogP contribution in [-0.4, -0.2) is 0 Å². The molecule has 2 aromatic carbocycles. The van der Waals surface area contributed by atoms with Crippen molar-refractivity contribution in [2.45, 2.75) is 31.0 Å². The third-order valence-corrected chi connectivity index (χ3v) is 6.61. The lowest BCUT2D eigenvalue weighted by Crippen LogP contribution is -1.94. The van der Waals surface area contributed by atoms with Crippen LogP contribution in [0.5, 0.6) is 0 Å². The lowest BCUT2D eigenvalue weighted by atomic mass is 9.97. The maximum absolute atomic E-state index is 3.86. The average Bonchev–Trinajstić information content (AvgIpc) is 2.97. The summed E-state index contributed by atoms with van der Waals surface area (Å²) in [5.74, 6) is 0.636. The minimum Gasteiger partial charge on any atom is -0.139 e. The van der Waals surface area contributed by atoms with E-state index in [9.17, 15) is 0 Å². The second-order valence-corrected chi connectivity index (χ2v) is 7.56. The van der Waals surface area contributed by atoms with Crippen molar-refractivity contribution in [3.63, 3.8) is 0 Å². The van der Waals surface area contributed by atoms with E-state index < -0.39 is 0 Å². The van der Waals surface area contributed by atoms with Crippen molar-refractivity contribution < 1.29 is 0 Å². The Labute approximate surface area is 139 Å². The van der Waals surface area contributed by atoms with Crippen molar-refractivity contribution in [2.75, 3.05) is 0 Å². The van der Waals surface area contributed by atoms with Crippen molar-refractivity contribution in [3.8, 4) is 0 Å². The quantitative estimate of drug-likeness (QED) is 0.445. The standard InChI is InChI=1S/C19H19BrS/c1-3-13(2)14-8-10-15(11-9-14)19(20)18-12-16-6-4-5-7-17(16)21-18/h4-13,19H,3H2,1-2H3. The molecule has 0 amide bonds. The number of hydrogen-bond donors (Lipinski definition) is 0. The zero-order valence-electron chi connectivity index (χ0n) is 12.3. The van der Waals surface area contributed by atoms with Gasteiger partial charge in [0.2, 0.25) is 0 Å². The molecule has 0 aliphatic rings. The number of rotatable bonds is 4. The number of halogens is 1. The molecule has 108 valence electrons. The monoisotopic (exact) mass is 358 g/mol. The predicted molar refractivity (Wildman–Crippen MR) is 97.7 cm³/mol. The highest BCUT2D eigenvalue weighted by Crippen LogP contribution is 2.38. The van der Waals surface area contributed by atoms with Crippen molar-refractivity contribution in [2.24, 2.45) is 0 Å². The van der Waals surface area contributed by atoms with Crippen LogP contribution in [0.4, 0.5) is 0 Å². The van der Waals surface area contributed by atoms with E-state index in [4.69, 9.17) is 0 Å². The molecule has 0 saturated carbocycles. The fraction of sp³-hybridized carbons (Fsp3) is 0.263. The minimum absolute atomic E-state index is 0.279. The highest BCUT2D eigenvalue weighted by Gasteiger charge is 2.14. The van der Waals surface area contributed by atoms with Gasteiger partial charge in [0.05, 0.1) is 4.83 Å². The zero-order valence-corrected chi connectivity index (χ0v) is 14.7. The molecule has 0 saturated heterocycles. The molecule has 2 heteroatoms. The first kappa shape index (κ1) is 14.8. The zero-order chi connectivity index (χ0) is 14.8. The number of thiophene rings is 1. The number of benzene rings is 2. The first-order chi connectivity index (χ1) is 10.2. The molecule has 3 aromatic rings. The van der Waals surface area contributed by atoms with E-state index in [2.05, 4.69) is 84.4 Å². The fourth-order valence-electron chi connectivity index (χ4n) is 2.52. The van der Waals surface area contributed by atoms with Gasteiger partial charge in [-0.25, -0.2) is 0 Å². The lowest BCUT2D eigenvalue weighted by molar-refractivity contribution is 0.733. The van der Waals surface area contributed by atoms with Gasteiger partial charge >= 0.3 is 0 Å². The van der Waals surface area contributed by atoms with Crippen LogP contribution in [0.3, 0.4) is 0 Å². The predicted octanol–water partition coefficient (Wildman–Crippen LogP) is 6.90. The molecule has 2 atom stereocenters. The molecule has 1 aromatic heterocycles. The van der Waals surface area contributed by atoms with E-state index >= 15 is 0 Å². The Hall–Kier alpha value is -1.12. The van der Waals surface area contributed by atoms with E-state index in [0.717, 1.165) is 0 Å². The van der Waals surface area contributed by atoms with Gasteiger partial charge in [0.25, 0.3) is 0 Å². The molecule has 0 spiro atoms. The van der Waals surface area contributed by atoms with Crippen LogP contribution in [-0.2, 0) is 0 Å². The molecule has 3 rings (SSSR count). The summed E-state index contributed by atoms with van der Waals surface area (Å²) in [5.41, 5.74) is 2.76. The van der Waals surface area contributed by atoms with E-state index in [-0.39, 0.29) is 4.83 Å². The summed E-state index contributed by atoms with van der Waals surface area (Å²) in [5, 5.41) is 1.33. The summed E-state index contributed by atoms with van der Waals surface area (Å²) < 4.78 is 1.35. The van der Waals surface area contributed by atoms with Crippen molar-refractivity contribution in [1.29, 1.82) is 0 Å². The normalized spacial score (nSPS) is 14.2. The smallest absolute Gasteiger partial charge is 0.0738 e. The second kappa shape index (κ2) is 6.33. The fourth-order valence-corrected chi connectivity index (χ4v) is 4.31. The third-order valence-electron chi connectivity index (χ3n) is 4.10. The summed E-state index contributed by atoms with van der Waals surface area (Å²) in [6, 6.07) is 19.9. The Morgan fingerprint density at radius 1 is 1.00 bits per heavy atom. The Bertz CT molecular complexity index is 694. The largest absolute Gasteiger partial charge is 0.139 e. The van der Waals surface area contributed by atoms with E-state index in [1.165, 1.54) is 32.5 Å². The summed E-state index contributed by atoms with van der Waals surface area (Å²) in [7, 11) is 0. The van der Waals surface area contributed by atoms with Gasteiger partial charge in [-0.15, -0.1) is 11.3 Å².